The third-order valence-electron chi connectivity index (χ3n) is 20.4. The first kappa shape index (κ1) is 54.2. The minimum atomic E-state index is 0.759. The molecule has 328 valence electrons. The Kier molecular flexibility index (Phi) is 13.8. The van der Waals surface area contributed by atoms with E-state index in [0.29, 0.717) is 0 Å². The lowest BCUT2D eigenvalue weighted by Gasteiger charge is -2.29. The van der Waals surface area contributed by atoms with Crippen LogP contribution in [-0.4, -0.2) is 222 Å². The lowest BCUT2D eigenvalue weighted by molar-refractivity contribution is 0.673. The van der Waals surface area contributed by atoms with Crippen LogP contribution in [0.15, 0.2) is 10.5 Å². The number of aromatic nitrogens is 2. The van der Waals surface area contributed by atoms with Gasteiger partial charge in [-0.1, -0.05) is 81.9 Å². The van der Waals surface area contributed by atoms with E-state index in [0.717, 1.165) is 39.5 Å². The Morgan fingerprint density at radius 2 is 0.473 bits per heavy atom. The molecule has 0 saturated heterocycles. The number of benzene rings is 7. The van der Waals surface area contributed by atoms with Gasteiger partial charge in [0.1, 0.15) is 223 Å². The average Bonchev–Trinajstić information content (AvgIpc) is 3.77. The number of rotatable bonds is 5. The molecule has 30 heteroatoms. The second kappa shape index (κ2) is 18.9. The molecule has 0 aliphatic carbocycles. The summed E-state index contributed by atoms with van der Waals surface area (Å²) in [5, 5.41) is 5.03. The van der Waals surface area contributed by atoms with Gasteiger partial charge < -0.3 is 4.42 Å². The summed E-state index contributed by atoms with van der Waals surface area (Å²) < 4.78 is 7.76. The highest BCUT2D eigenvalue weighted by Gasteiger charge is 2.31. The van der Waals surface area contributed by atoms with Gasteiger partial charge in [-0.2, -0.15) is 0 Å². The van der Waals surface area contributed by atoms with Crippen molar-refractivity contribution in [1.29, 1.82) is 0 Å². The number of nitrogens with zero attached hydrogens (tertiary/aromatic N) is 2. The van der Waals surface area contributed by atoms with Crippen molar-refractivity contribution in [2.75, 3.05) is 0 Å². The van der Waals surface area contributed by atoms with Gasteiger partial charge in [-0.15, -0.1) is 60.1 Å². The maximum atomic E-state index is 7.76. The summed E-state index contributed by atoms with van der Waals surface area (Å²) in [6, 6.07) is 2.28. The van der Waals surface area contributed by atoms with Gasteiger partial charge >= 0.3 is 0 Å². The van der Waals surface area contributed by atoms with Crippen LogP contribution in [0.3, 0.4) is 0 Å². The van der Waals surface area contributed by atoms with Gasteiger partial charge in [0.25, 0.3) is 0 Å². The minimum Gasteiger partial charge on any atom is -0.456 e. The van der Waals surface area contributed by atoms with Gasteiger partial charge in [0.2, 0.25) is 0 Å². The Morgan fingerprint density at radius 3 is 0.878 bits per heavy atom. The normalized spacial score (nSPS) is 11.6. The summed E-state index contributed by atoms with van der Waals surface area (Å²) in [5.74, 6) is 0.759. The van der Waals surface area contributed by atoms with E-state index in [1.165, 1.54) is 197 Å². The van der Waals surface area contributed by atoms with E-state index in [-0.39, 0.29) is 0 Å². The number of hydrogen-bond acceptors (Lipinski definition) is 3. The van der Waals surface area contributed by atoms with E-state index in [1.54, 1.807) is 0 Å². The van der Waals surface area contributed by atoms with Crippen LogP contribution in [0.25, 0.3) is 88.9 Å². The fourth-order valence-corrected chi connectivity index (χ4v) is 13.8. The molecule has 0 saturated carbocycles. The second-order valence-corrected chi connectivity index (χ2v) is 23.2. The number of furan rings is 1. The van der Waals surface area contributed by atoms with Crippen molar-refractivity contribution >= 4 is 392 Å². The van der Waals surface area contributed by atoms with Crippen molar-refractivity contribution in [1.82, 2.24) is 9.97 Å². The van der Waals surface area contributed by atoms with Crippen LogP contribution in [0.1, 0.15) is 0 Å². The standard InChI is InChI=1S/C44H55B27N2O/c45-15-9-12(27(57)34(64)33(63)24(9)54)30(60)43-13(15)7-6(8-20(50)22(52)10(23(53)21(8)51)11-25(55)35(65)40(70)36(66)26(11)56)19(49)18(48)5(42(7)74-43)3-1-2(4-16(46)31(61)39(69)32(62)17(4)47)72-44(73-3)14-28(58)37(67)41(71)38(68)29(14)59/h1H,45-71H2. The van der Waals surface area contributed by atoms with E-state index in [1.807, 2.05) is 0 Å². The first-order chi connectivity index (χ1) is 34.5. The van der Waals surface area contributed by atoms with Gasteiger partial charge in [-0.3, -0.25) is 0 Å². The summed E-state index contributed by atoms with van der Waals surface area (Å²) in [7, 11) is 62.2. The first-order valence-electron chi connectivity index (χ1n) is 27.1. The zero-order valence-corrected chi connectivity index (χ0v) is 50.4. The maximum Gasteiger partial charge on any atom is 0.159 e. The highest BCUT2D eigenvalue weighted by Crippen LogP contribution is 2.39. The summed E-state index contributed by atoms with van der Waals surface area (Å²) in [5.41, 5.74) is 47.7. The van der Waals surface area contributed by atoms with Crippen molar-refractivity contribution < 1.29 is 4.42 Å². The van der Waals surface area contributed by atoms with Crippen molar-refractivity contribution in [2.45, 2.75) is 0 Å². The van der Waals surface area contributed by atoms with Gasteiger partial charge in [0.15, 0.2) is 5.82 Å². The molecule has 0 aliphatic heterocycles. The molecule has 7 aromatic carbocycles. The molecule has 0 spiro atoms. The van der Waals surface area contributed by atoms with E-state index in [2.05, 4.69) is 218 Å². The largest absolute Gasteiger partial charge is 0.456 e. The SMILES string of the molecule is Bc1c(B)c(B)c(-c2cc(-c3c(B)c(B)c(-c4c(B)c(B)c(-c5c(B)c(B)c(B)c(B)c5B)c(B)c4B)c4c3oc3c(B)c5c(B)c(B)c(B)c(B)c5c(B)c34)nc(-c3c(B)c(B)c(B)c(B)c3B)n2)c(B)c1B. The summed E-state index contributed by atoms with van der Waals surface area (Å²) in [6.07, 6.45) is 0. The average molecular weight is 920 g/mol. The number of fused-ring (bicyclic) bond motifs is 4. The van der Waals surface area contributed by atoms with Gasteiger partial charge in [0, 0.05) is 21.9 Å². The first-order valence-corrected chi connectivity index (χ1v) is 27.1. The van der Waals surface area contributed by atoms with E-state index >= 15 is 0 Å². The highest BCUT2D eigenvalue weighted by molar-refractivity contribution is 6.75. The lowest BCUT2D eigenvalue weighted by atomic mass is 9.55. The summed E-state index contributed by atoms with van der Waals surface area (Å²) in [4.78, 5) is 11.5. The molecule has 0 amide bonds. The maximum absolute atomic E-state index is 7.76. The second-order valence-electron chi connectivity index (χ2n) is 23.2. The molecule has 2 heterocycles. The Hall–Kier alpha value is -4.57. The Labute approximate surface area is 465 Å². The molecule has 0 atom stereocenters. The van der Waals surface area contributed by atoms with Gasteiger partial charge in [-0.25, -0.2) is 9.97 Å². The smallest absolute Gasteiger partial charge is 0.159 e. The van der Waals surface area contributed by atoms with Crippen LogP contribution in [0.2, 0.25) is 0 Å². The quantitative estimate of drug-likeness (QED) is 0.162. The van der Waals surface area contributed by atoms with E-state index in [4.69, 9.17) is 14.4 Å². The Morgan fingerprint density at radius 1 is 0.203 bits per heavy atom. The van der Waals surface area contributed by atoms with Crippen LogP contribution in [0.4, 0.5) is 0 Å². The van der Waals surface area contributed by atoms with Crippen LogP contribution in [0.5, 0.6) is 0 Å². The molecular weight excluding hydrogens is 864 g/mol. The minimum absolute atomic E-state index is 0.759. The van der Waals surface area contributed by atoms with Crippen molar-refractivity contribution in [2.24, 2.45) is 0 Å². The van der Waals surface area contributed by atoms with Crippen molar-refractivity contribution in [3.63, 3.8) is 0 Å². The molecular formula is C44H55B27N2O. The molecule has 0 unspecified atom stereocenters. The molecule has 9 aromatic rings. The van der Waals surface area contributed by atoms with Gasteiger partial charge in [-0.05, 0) is 50.1 Å². The Balaban J connectivity index is 1.53. The molecule has 0 fully saturated rings. The van der Waals surface area contributed by atoms with Crippen LogP contribution in [-0.2, 0) is 0 Å². The fraction of sp³-hybridized carbons (Fsp3) is 0. The highest BCUT2D eigenvalue weighted by atomic mass is 16.3. The molecule has 0 aliphatic rings. The van der Waals surface area contributed by atoms with Crippen LogP contribution in [0, 0.1) is 0 Å². The zero-order valence-electron chi connectivity index (χ0n) is 50.4. The van der Waals surface area contributed by atoms with Crippen molar-refractivity contribution in [3.05, 3.63) is 6.07 Å². The molecule has 74 heavy (non-hydrogen) atoms. The molecule has 3 nitrogen and oxygen atoms in total. The van der Waals surface area contributed by atoms with Crippen molar-refractivity contribution in [3.8, 4) is 56.2 Å². The topological polar surface area (TPSA) is 38.9 Å². The predicted molar refractivity (Wildman–Crippen MR) is 415 cm³/mol. The van der Waals surface area contributed by atoms with Crippen LogP contribution < -0.4 is 147 Å². The summed E-state index contributed by atoms with van der Waals surface area (Å²) >= 11 is 0. The monoisotopic (exact) mass is 925 g/mol. The third-order valence-corrected chi connectivity index (χ3v) is 20.4. The molecule has 0 bridgehead atoms. The fourth-order valence-electron chi connectivity index (χ4n) is 13.8. The lowest BCUT2D eigenvalue weighted by Crippen LogP contribution is -2.57. The van der Waals surface area contributed by atoms with Crippen LogP contribution >= 0.6 is 0 Å². The molecule has 0 N–H and O–H groups in total. The molecule has 2 aromatic heterocycles. The zero-order chi connectivity index (χ0) is 54.7. The van der Waals surface area contributed by atoms with Gasteiger partial charge in [0.05, 0.1) is 11.4 Å². The number of hydrogen-bond donors (Lipinski definition) is 0. The predicted octanol–water partition coefficient (Wildman–Crippen LogP) is -35.2. The summed E-state index contributed by atoms with van der Waals surface area (Å²) in [6.45, 7) is 0. The van der Waals surface area contributed by atoms with E-state index < -0.39 is 0 Å². The van der Waals surface area contributed by atoms with E-state index in [9.17, 15) is 0 Å². The molecule has 9 rings (SSSR count). The Bertz CT molecular complexity index is 3910. The third kappa shape index (κ3) is 7.48. The molecule has 0 radical (unpaired) electrons.